The van der Waals surface area contributed by atoms with E-state index in [1.807, 2.05) is 0 Å². The van der Waals surface area contributed by atoms with Gasteiger partial charge in [-0.15, -0.1) is 5.10 Å². The van der Waals surface area contributed by atoms with E-state index in [1.54, 1.807) is 17.9 Å². The molecule has 2 N–H and O–H groups in total. The molecule has 2 aliphatic heterocycles. The Hall–Kier alpha value is -5.47. The lowest BCUT2D eigenvalue weighted by Gasteiger charge is -2.36. The summed E-state index contributed by atoms with van der Waals surface area (Å²) in [5.41, 5.74) is -2.81. The zero-order valence-corrected chi connectivity index (χ0v) is 29.1. The number of H-pyrrole nitrogens is 1. The van der Waals surface area contributed by atoms with Crippen molar-refractivity contribution in [3.63, 3.8) is 0 Å². The molecule has 1 fully saturated rings. The molecule has 14 nitrogen and oxygen atoms in total. The first kappa shape index (κ1) is 38.3. The van der Waals surface area contributed by atoms with Gasteiger partial charge in [0.05, 0.1) is 24.5 Å². The molecule has 4 aromatic rings. The summed E-state index contributed by atoms with van der Waals surface area (Å²) >= 11 is 0. The van der Waals surface area contributed by atoms with Crippen LogP contribution in [-0.2, 0) is 28.7 Å². The smallest absolute Gasteiger partial charge is 0.377 e. The number of nitrogens with one attached hydrogen (secondary N) is 2. The second-order valence-corrected chi connectivity index (χ2v) is 12.8. The SMILES string of the molecule is CCc1c(N2CCN(C(=O)c3c[nH]n(C(C)C(F)(F)F)c3=O)CC2)c(=O)n2nc(C3=CCOCC3)nc2n1CC(=O)Nc1cc(F)c(C(F)(F)F)cc1C. The number of carbonyl (C=O) groups excluding carboxylic acids is 2. The third kappa shape index (κ3) is 7.23. The number of piperazine rings is 1. The predicted molar refractivity (Wildman–Crippen MR) is 179 cm³/mol. The first-order chi connectivity index (χ1) is 25.4. The van der Waals surface area contributed by atoms with Gasteiger partial charge in [-0.05, 0) is 50.0 Å². The van der Waals surface area contributed by atoms with Crippen LogP contribution in [0.25, 0.3) is 11.4 Å². The van der Waals surface area contributed by atoms with E-state index >= 15 is 0 Å². The molecule has 21 heteroatoms. The Morgan fingerprint density at radius 2 is 1.76 bits per heavy atom. The monoisotopic (exact) mass is 769 g/mol. The van der Waals surface area contributed by atoms with Crippen LogP contribution >= 0.6 is 0 Å². The van der Waals surface area contributed by atoms with Crippen molar-refractivity contribution in [1.29, 1.82) is 0 Å². The van der Waals surface area contributed by atoms with Gasteiger partial charge in [-0.3, -0.25) is 19.2 Å². The van der Waals surface area contributed by atoms with E-state index in [0.717, 1.165) is 17.6 Å². The molecule has 1 saturated heterocycles. The van der Waals surface area contributed by atoms with Crippen molar-refractivity contribution in [2.45, 2.75) is 58.6 Å². The number of ether oxygens (including phenoxy) is 1. The number of hydrogen-bond donors (Lipinski definition) is 2. The van der Waals surface area contributed by atoms with Crippen molar-refractivity contribution in [1.82, 2.24) is 33.8 Å². The molecule has 2 amide bonds. The standard InChI is InChI=1S/C33H34F7N9O5/c1-4-24-26(45-7-9-46(10-8-45)28(51)20-15-41-48(29(20)52)18(3)32(35,36)37)30(53)49-31(43-27(44-49)19-5-11-54-12-6-19)47(24)16-25(50)42-23-14-22(34)21(13-17(23)2)33(38,39)40/h5,13-15,18,41H,4,6-12,16H2,1-3H3,(H,42,50). The summed E-state index contributed by atoms with van der Waals surface area (Å²) in [6.45, 7) is 3.93. The minimum absolute atomic E-state index is 0.0147. The van der Waals surface area contributed by atoms with Gasteiger partial charge in [-0.25, -0.2) is 9.07 Å². The summed E-state index contributed by atoms with van der Waals surface area (Å²) in [5, 5.41) is 9.12. The number of anilines is 2. The zero-order chi connectivity index (χ0) is 39.3. The average Bonchev–Trinajstić information content (AvgIpc) is 3.74. The lowest BCUT2D eigenvalue weighted by atomic mass is 10.1. The highest BCUT2D eigenvalue weighted by Gasteiger charge is 2.40. The topological polar surface area (TPSA) is 152 Å². The third-order valence-corrected chi connectivity index (χ3v) is 9.38. The number of aromatic amines is 1. The summed E-state index contributed by atoms with van der Waals surface area (Å²) in [7, 11) is 0. The largest absolute Gasteiger partial charge is 0.419 e. The van der Waals surface area contributed by atoms with Crippen LogP contribution in [-0.4, -0.2) is 91.2 Å². The van der Waals surface area contributed by atoms with Crippen LogP contribution in [0.2, 0.25) is 0 Å². The van der Waals surface area contributed by atoms with Gasteiger partial charge in [0.1, 0.15) is 29.7 Å². The van der Waals surface area contributed by atoms with E-state index in [2.05, 4.69) is 20.5 Å². The van der Waals surface area contributed by atoms with Crippen LogP contribution in [0.1, 0.15) is 59.3 Å². The van der Waals surface area contributed by atoms with Gasteiger partial charge in [-0.1, -0.05) is 13.0 Å². The van der Waals surface area contributed by atoms with Crippen LogP contribution in [0.15, 0.2) is 34.0 Å². The lowest BCUT2D eigenvalue weighted by molar-refractivity contribution is -0.166. The number of rotatable bonds is 8. The first-order valence-corrected chi connectivity index (χ1v) is 16.8. The van der Waals surface area contributed by atoms with Gasteiger partial charge in [0.15, 0.2) is 5.82 Å². The van der Waals surface area contributed by atoms with E-state index in [9.17, 15) is 49.9 Å². The van der Waals surface area contributed by atoms with Crippen molar-refractivity contribution in [3.05, 3.63) is 79.1 Å². The zero-order valence-electron chi connectivity index (χ0n) is 29.1. The molecule has 1 aromatic carbocycles. The molecule has 3 aromatic heterocycles. The number of aromatic nitrogens is 6. The maximum absolute atomic E-state index is 14.4. The number of alkyl halides is 6. The maximum Gasteiger partial charge on any atom is 0.419 e. The van der Waals surface area contributed by atoms with Crippen molar-refractivity contribution in [3.8, 4) is 0 Å². The molecule has 5 heterocycles. The van der Waals surface area contributed by atoms with Crippen LogP contribution in [0.5, 0.6) is 0 Å². The molecule has 0 aliphatic carbocycles. The van der Waals surface area contributed by atoms with Crippen molar-refractivity contribution in [2.24, 2.45) is 0 Å². The number of nitrogens with zero attached hydrogens (tertiary/aromatic N) is 7. The highest BCUT2D eigenvalue weighted by molar-refractivity contribution is 5.94. The molecule has 54 heavy (non-hydrogen) atoms. The molecular weight excluding hydrogens is 735 g/mol. The second kappa shape index (κ2) is 14.4. The fourth-order valence-electron chi connectivity index (χ4n) is 6.44. The molecule has 6 rings (SSSR count). The Labute approximate surface area is 300 Å². The van der Waals surface area contributed by atoms with Crippen LogP contribution in [0.4, 0.5) is 42.1 Å². The lowest BCUT2D eigenvalue weighted by Crippen LogP contribution is -2.51. The molecule has 2 aliphatic rings. The molecule has 0 spiro atoms. The highest BCUT2D eigenvalue weighted by Crippen LogP contribution is 2.34. The van der Waals surface area contributed by atoms with Gasteiger partial charge in [0.2, 0.25) is 11.7 Å². The van der Waals surface area contributed by atoms with Crippen LogP contribution < -0.4 is 21.3 Å². The number of aryl methyl sites for hydroxylation is 1. The van der Waals surface area contributed by atoms with E-state index in [4.69, 9.17) is 4.74 Å². The summed E-state index contributed by atoms with van der Waals surface area (Å²) in [6.07, 6.45) is -6.41. The normalized spacial score (nSPS) is 16.1. The maximum atomic E-state index is 14.4. The Morgan fingerprint density at radius 1 is 1.06 bits per heavy atom. The van der Waals surface area contributed by atoms with Crippen LogP contribution in [0.3, 0.4) is 0 Å². The van der Waals surface area contributed by atoms with Gasteiger partial charge < -0.3 is 29.5 Å². The van der Waals surface area contributed by atoms with E-state index in [0.29, 0.717) is 41.1 Å². The number of amides is 2. The number of carbonyl (C=O) groups is 2. The third-order valence-electron chi connectivity index (χ3n) is 9.38. The van der Waals surface area contributed by atoms with Crippen molar-refractivity contribution < 1.29 is 45.1 Å². The first-order valence-electron chi connectivity index (χ1n) is 16.8. The number of fused-ring (bicyclic) bond motifs is 1. The van der Waals surface area contributed by atoms with E-state index < -0.39 is 64.8 Å². The number of hydrogen-bond acceptors (Lipinski definition) is 8. The fourth-order valence-corrected chi connectivity index (χ4v) is 6.44. The number of halogens is 7. The predicted octanol–water partition coefficient (Wildman–Crippen LogP) is 3.94. The Bertz CT molecular complexity index is 2260. The van der Waals surface area contributed by atoms with Gasteiger partial charge in [-0.2, -0.15) is 35.8 Å². The fraction of sp³-hybridized carbons (Fsp3) is 0.455. The van der Waals surface area contributed by atoms with Gasteiger partial charge in [0.25, 0.3) is 17.0 Å². The van der Waals surface area contributed by atoms with Gasteiger partial charge >= 0.3 is 12.4 Å². The van der Waals surface area contributed by atoms with Crippen molar-refractivity contribution >= 4 is 34.5 Å². The summed E-state index contributed by atoms with van der Waals surface area (Å²) in [4.78, 5) is 61.2. The highest BCUT2D eigenvalue weighted by atomic mass is 19.4. The molecule has 1 atom stereocenters. The Kier molecular flexibility index (Phi) is 10.2. The van der Waals surface area contributed by atoms with Crippen molar-refractivity contribution in [2.75, 3.05) is 49.6 Å². The molecule has 0 bridgehead atoms. The molecular formula is C33H34F7N9O5. The average molecular weight is 770 g/mol. The Morgan fingerprint density at radius 3 is 2.37 bits per heavy atom. The summed E-state index contributed by atoms with van der Waals surface area (Å²) in [5.74, 6) is -2.96. The van der Waals surface area contributed by atoms with Gasteiger partial charge in [0, 0.05) is 38.1 Å². The molecule has 0 saturated carbocycles. The van der Waals surface area contributed by atoms with E-state index in [-0.39, 0.29) is 67.7 Å². The van der Waals surface area contributed by atoms with E-state index in [1.165, 1.54) is 16.4 Å². The number of benzene rings is 1. The minimum atomic E-state index is -4.95. The summed E-state index contributed by atoms with van der Waals surface area (Å²) < 4.78 is 102. The quantitative estimate of drug-likeness (QED) is 0.256. The Balaban J connectivity index is 1.33. The molecule has 0 radical (unpaired) electrons. The molecule has 1 unspecified atom stereocenters. The minimum Gasteiger partial charge on any atom is -0.377 e. The summed E-state index contributed by atoms with van der Waals surface area (Å²) in [6, 6.07) is -1.03. The van der Waals surface area contributed by atoms with Crippen LogP contribution in [0, 0.1) is 12.7 Å². The second-order valence-electron chi connectivity index (χ2n) is 12.8. The molecule has 290 valence electrons.